The fourth-order valence-corrected chi connectivity index (χ4v) is 5.83. The minimum absolute atomic E-state index is 0.137. The molecule has 4 heteroatoms. The van der Waals surface area contributed by atoms with Gasteiger partial charge in [0.25, 0.3) is 0 Å². The summed E-state index contributed by atoms with van der Waals surface area (Å²) in [6.07, 6.45) is 12.9. The largest absolute Gasteiger partial charge is 0.491 e. The van der Waals surface area contributed by atoms with Gasteiger partial charge in [-0.2, -0.15) is 0 Å². The first-order chi connectivity index (χ1) is 16.5. The van der Waals surface area contributed by atoms with Crippen LogP contribution in [0.3, 0.4) is 0 Å². The van der Waals surface area contributed by atoms with Gasteiger partial charge in [0, 0.05) is 5.56 Å². The van der Waals surface area contributed by atoms with E-state index in [1.54, 1.807) is 30.3 Å². The van der Waals surface area contributed by atoms with E-state index in [-0.39, 0.29) is 11.7 Å². The smallest absolute Gasteiger partial charge is 0.166 e. The molecule has 2 aliphatic carbocycles. The molecule has 1 nitrogen and oxygen atoms in total. The summed E-state index contributed by atoms with van der Waals surface area (Å²) >= 11 is 0. The molecule has 184 valence electrons. The van der Waals surface area contributed by atoms with Gasteiger partial charge in [-0.25, -0.2) is 13.2 Å². The first-order valence-electron chi connectivity index (χ1n) is 13.1. The fraction of sp³-hybridized carbons (Fsp3) is 0.533. The molecule has 0 bridgehead atoms. The third-order valence-electron chi connectivity index (χ3n) is 8.05. The van der Waals surface area contributed by atoms with Crippen LogP contribution >= 0.6 is 0 Å². The zero-order chi connectivity index (χ0) is 24.1. The molecule has 0 spiro atoms. The maximum Gasteiger partial charge on any atom is 0.166 e. The van der Waals surface area contributed by atoms with Gasteiger partial charge in [0.2, 0.25) is 0 Å². The van der Waals surface area contributed by atoms with E-state index in [2.05, 4.69) is 6.92 Å². The van der Waals surface area contributed by atoms with E-state index in [0.717, 1.165) is 62.8 Å². The normalized spacial score (nSPS) is 25.6. The lowest BCUT2D eigenvalue weighted by Crippen LogP contribution is -2.14. The molecule has 4 rings (SSSR count). The fourth-order valence-electron chi connectivity index (χ4n) is 5.83. The maximum absolute atomic E-state index is 14.9. The van der Waals surface area contributed by atoms with Crippen LogP contribution in [0.5, 0.6) is 5.75 Å². The van der Waals surface area contributed by atoms with E-state index in [9.17, 15) is 13.2 Å². The number of rotatable bonds is 7. The Morgan fingerprint density at radius 3 is 2.18 bits per heavy atom. The van der Waals surface area contributed by atoms with Crippen molar-refractivity contribution >= 4 is 6.08 Å². The summed E-state index contributed by atoms with van der Waals surface area (Å²) in [7, 11) is 0. The quantitative estimate of drug-likeness (QED) is 0.392. The average Bonchev–Trinajstić information content (AvgIpc) is 2.87. The highest BCUT2D eigenvalue weighted by molar-refractivity contribution is 5.52. The number of halogens is 3. The molecule has 0 aromatic heterocycles. The number of allylic oxidation sites excluding steroid dienone is 1. The molecule has 34 heavy (non-hydrogen) atoms. The van der Waals surface area contributed by atoms with Crippen molar-refractivity contribution in [3.05, 3.63) is 70.5 Å². The molecule has 0 N–H and O–H groups in total. The molecular weight excluding hydrogens is 433 g/mol. The lowest BCUT2D eigenvalue weighted by molar-refractivity contribution is 0.312. The number of benzene rings is 2. The van der Waals surface area contributed by atoms with Crippen LogP contribution in [0.15, 0.2) is 36.4 Å². The third kappa shape index (κ3) is 5.70. The Kier molecular flexibility index (Phi) is 8.39. The van der Waals surface area contributed by atoms with Crippen molar-refractivity contribution in [2.75, 3.05) is 6.61 Å². The molecule has 2 aliphatic rings. The van der Waals surface area contributed by atoms with Crippen LogP contribution in [0.25, 0.3) is 6.08 Å². The molecule has 0 saturated heterocycles. The Morgan fingerprint density at radius 1 is 0.824 bits per heavy atom. The van der Waals surface area contributed by atoms with Gasteiger partial charge in [0.15, 0.2) is 23.2 Å². The minimum atomic E-state index is -0.718. The van der Waals surface area contributed by atoms with Crippen molar-refractivity contribution in [1.82, 2.24) is 0 Å². The SMILES string of the molecule is CCOc1ccc(C2CCC(/C=C/c3ccc(C4CCC(CC)CC4)c(F)c3F)CC2)cc1F. The molecular formula is C30H37F3O. The highest BCUT2D eigenvalue weighted by Crippen LogP contribution is 2.40. The predicted octanol–water partition coefficient (Wildman–Crippen LogP) is 9.17. The van der Waals surface area contributed by atoms with Gasteiger partial charge in [-0.15, -0.1) is 0 Å². The van der Waals surface area contributed by atoms with Crippen LogP contribution in [-0.4, -0.2) is 6.61 Å². The van der Waals surface area contributed by atoms with Crippen molar-refractivity contribution in [2.45, 2.75) is 83.5 Å². The summed E-state index contributed by atoms with van der Waals surface area (Å²) in [6, 6.07) is 8.82. The van der Waals surface area contributed by atoms with Crippen molar-refractivity contribution in [3.63, 3.8) is 0 Å². The van der Waals surface area contributed by atoms with E-state index < -0.39 is 11.6 Å². The molecule has 0 radical (unpaired) electrons. The maximum atomic E-state index is 14.9. The number of hydrogen-bond acceptors (Lipinski definition) is 1. The molecule has 2 saturated carbocycles. The minimum Gasteiger partial charge on any atom is -0.491 e. The van der Waals surface area contributed by atoms with Crippen molar-refractivity contribution in [1.29, 1.82) is 0 Å². The van der Waals surface area contributed by atoms with Gasteiger partial charge in [-0.1, -0.05) is 43.7 Å². The van der Waals surface area contributed by atoms with Crippen molar-refractivity contribution in [3.8, 4) is 5.75 Å². The van der Waals surface area contributed by atoms with Crippen LogP contribution in [-0.2, 0) is 0 Å². The van der Waals surface area contributed by atoms with Gasteiger partial charge in [-0.05, 0) is 105 Å². The highest BCUT2D eigenvalue weighted by Gasteiger charge is 2.26. The molecule has 2 aromatic carbocycles. The molecule has 2 aromatic rings. The van der Waals surface area contributed by atoms with E-state index in [4.69, 9.17) is 4.74 Å². The van der Waals surface area contributed by atoms with Gasteiger partial charge in [-0.3, -0.25) is 0 Å². The van der Waals surface area contributed by atoms with Crippen LogP contribution in [0.2, 0.25) is 0 Å². The summed E-state index contributed by atoms with van der Waals surface area (Å²) in [4.78, 5) is 0. The summed E-state index contributed by atoms with van der Waals surface area (Å²) in [5, 5.41) is 0. The number of ether oxygens (including phenoxy) is 1. The summed E-state index contributed by atoms with van der Waals surface area (Å²) in [5.41, 5.74) is 1.89. The van der Waals surface area contributed by atoms with Crippen LogP contribution in [0.1, 0.15) is 100 Å². The Hall–Kier alpha value is -2.23. The Morgan fingerprint density at radius 2 is 1.53 bits per heavy atom. The Balaban J connectivity index is 1.35. The van der Waals surface area contributed by atoms with Gasteiger partial charge < -0.3 is 4.74 Å². The number of hydrogen-bond donors (Lipinski definition) is 0. The molecule has 0 heterocycles. The van der Waals surface area contributed by atoms with E-state index in [1.807, 2.05) is 19.1 Å². The summed E-state index contributed by atoms with van der Waals surface area (Å²) < 4.78 is 49.3. The zero-order valence-corrected chi connectivity index (χ0v) is 20.5. The first kappa shape index (κ1) is 24.9. The van der Waals surface area contributed by atoms with Gasteiger partial charge in [0.1, 0.15) is 0 Å². The summed E-state index contributed by atoms with van der Waals surface area (Å²) in [5.74, 6) is 0.139. The van der Waals surface area contributed by atoms with E-state index in [1.165, 1.54) is 6.42 Å². The lowest BCUT2D eigenvalue weighted by Gasteiger charge is -2.28. The van der Waals surface area contributed by atoms with Crippen LogP contribution < -0.4 is 4.74 Å². The molecule has 0 amide bonds. The molecule has 0 aliphatic heterocycles. The topological polar surface area (TPSA) is 9.23 Å². The van der Waals surface area contributed by atoms with Crippen molar-refractivity contribution in [2.24, 2.45) is 11.8 Å². The van der Waals surface area contributed by atoms with Crippen LogP contribution in [0.4, 0.5) is 13.2 Å². The molecule has 0 unspecified atom stereocenters. The standard InChI is InChI=1S/C30H37F3O/c1-3-20-5-12-23(13-6-20)26-17-15-24(29(32)30(26)33)14-9-21-7-10-22(11-8-21)25-16-18-28(34-4-2)27(31)19-25/h9,14-23H,3-8,10-13H2,1-2H3/b14-9+. The first-order valence-corrected chi connectivity index (χ1v) is 13.1. The average molecular weight is 471 g/mol. The molecule has 0 atom stereocenters. The van der Waals surface area contributed by atoms with Crippen molar-refractivity contribution < 1.29 is 17.9 Å². The van der Waals surface area contributed by atoms with E-state index >= 15 is 0 Å². The van der Waals surface area contributed by atoms with Crippen LogP contribution in [0, 0.1) is 29.3 Å². The highest BCUT2D eigenvalue weighted by atomic mass is 19.2. The van der Waals surface area contributed by atoms with Gasteiger partial charge in [0.05, 0.1) is 6.61 Å². The molecule has 2 fully saturated rings. The predicted molar refractivity (Wildman–Crippen MR) is 133 cm³/mol. The Bertz CT molecular complexity index is 983. The second-order valence-electron chi connectivity index (χ2n) is 10.1. The summed E-state index contributed by atoms with van der Waals surface area (Å²) in [6.45, 7) is 4.49. The lowest BCUT2D eigenvalue weighted by atomic mass is 9.77. The van der Waals surface area contributed by atoms with Gasteiger partial charge >= 0.3 is 0 Å². The second kappa shape index (κ2) is 11.5. The van der Waals surface area contributed by atoms with E-state index in [0.29, 0.717) is 35.3 Å². The monoisotopic (exact) mass is 470 g/mol. The second-order valence-corrected chi connectivity index (χ2v) is 10.1. The zero-order valence-electron chi connectivity index (χ0n) is 20.5. The third-order valence-corrected chi connectivity index (χ3v) is 8.05. The Labute approximate surface area is 202 Å².